The molecule has 0 aliphatic rings. The summed E-state index contributed by atoms with van der Waals surface area (Å²) in [6.45, 7) is 0. The first-order chi connectivity index (χ1) is 7.75. The van der Waals surface area contributed by atoms with Crippen LogP contribution in [0.4, 0.5) is 14.5 Å². The Morgan fingerprint density at radius 1 is 0.875 bits per heavy atom. The zero-order valence-corrected chi connectivity index (χ0v) is 8.40. The van der Waals surface area contributed by atoms with Crippen LogP contribution in [0.25, 0.3) is 0 Å². The van der Waals surface area contributed by atoms with Crippen LogP contribution in [0.1, 0.15) is 5.56 Å². The lowest BCUT2D eigenvalue weighted by atomic mass is 10.2. The number of aliphatic imine (C=N–C) groups is 1. The van der Waals surface area contributed by atoms with Gasteiger partial charge in [0.25, 0.3) is 0 Å². The lowest BCUT2D eigenvalue weighted by Gasteiger charge is -1.95. The molecule has 0 bridgehead atoms. The lowest BCUT2D eigenvalue weighted by molar-refractivity contribution is 0.508. The first kappa shape index (κ1) is 10.5. The van der Waals surface area contributed by atoms with E-state index in [-0.39, 0.29) is 0 Å². The van der Waals surface area contributed by atoms with Gasteiger partial charge < -0.3 is 0 Å². The van der Waals surface area contributed by atoms with Gasteiger partial charge in [-0.05, 0) is 29.8 Å². The maximum absolute atomic E-state index is 12.9. The van der Waals surface area contributed by atoms with Gasteiger partial charge in [-0.25, -0.2) is 8.78 Å². The normalized spacial score (nSPS) is 10.9. The number of halogens is 2. The average molecular weight is 217 g/mol. The number of benzene rings is 2. The van der Waals surface area contributed by atoms with Gasteiger partial charge in [-0.15, -0.1) is 0 Å². The summed E-state index contributed by atoms with van der Waals surface area (Å²) in [5.41, 5.74) is 1.30. The molecule has 0 spiro atoms. The number of hydrogen-bond acceptors (Lipinski definition) is 1. The van der Waals surface area contributed by atoms with Gasteiger partial charge in [-0.2, -0.15) is 0 Å². The summed E-state index contributed by atoms with van der Waals surface area (Å²) in [5.74, 6) is -1.71. The fourth-order valence-corrected chi connectivity index (χ4v) is 1.26. The molecule has 0 saturated carbocycles. The molecular formula is C13H9F2N. The number of hydrogen-bond donors (Lipinski definition) is 0. The predicted molar refractivity (Wildman–Crippen MR) is 60.1 cm³/mol. The summed E-state index contributed by atoms with van der Waals surface area (Å²) >= 11 is 0. The van der Waals surface area contributed by atoms with E-state index < -0.39 is 11.6 Å². The zero-order chi connectivity index (χ0) is 11.4. The molecule has 0 amide bonds. The molecule has 0 atom stereocenters. The second-order valence-corrected chi connectivity index (χ2v) is 3.27. The van der Waals surface area contributed by atoms with Crippen molar-refractivity contribution in [2.75, 3.05) is 0 Å². The van der Waals surface area contributed by atoms with Crippen molar-refractivity contribution in [2.24, 2.45) is 4.99 Å². The Bertz CT molecular complexity index is 507. The predicted octanol–water partition coefficient (Wildman–Crippen LogP) is 3.72. The molecule has 80 valence electrons. The Balaban J connectivity index is 2.21. The quantitative estimate of drug-likeness (QED) is 0.680. The van der Waals surface area contributed by atoms with Crippen molar-refractivity contribution in [1.82, 2.24) is 0 Å². The van der Waals surface area contributed by atoms with Crippen LogP contribution in [-0.2, 0) is 0 Å². The van der Waals surface area contributed by atoms with Gasteiger partial charge in [-0.3, -0.25) is 4.99 Å². The molecule has 2 rings (SSSR count). The summed E-state index contributed by atoms with van der Waals surface area (Å²) in [6, 6.07) is 12.9. The standard InChI is InChI=1S/C13H9F2N/c14-12-7-6-10(8-13(12)15)9-16-11-4-2-1-3-5-11/h1-9H/b16-9+. The third kappa shape index (κ3) is 2.51. The Labute approximate surface area is 92.1 Å². The molecule has 0 heterocycles. The Kier molecular flexibility index (Phi) is 3.05. The van der Waals surface area contributed by atoms with Gasteiger partial charge in [0.1, 0.15) is 0 Å². The minimum absolute atomic E-state index is 0.530. The molecule has 0 radical (unpaired) electrons. The molecule has 0 aliphatic carbocycles. The van der Waals surface area contributed by atoms with E-state index in [2.05, 4.69) is 4.99 Å². The van der Waals surface area contributed by atoms with Crippen molar-refractivity contribution in [2.45, 2.75) is 0 Å². The van der Waals surface area contributed by atoms with Gasteiger partial charge in [0.2, 0.25) is 0 Å². The fraction of sp³-hybridized carbons (Fsp3) is 0. The van der Waals surface area contributed by atoms with Crippen LogP contribution < -0.4 is 0 Å². The van der Waals surface area contributed by atoms with E-state index in [1.165, 1.54) is 12.3 Å². The maximum atomic E-state index is 12.9. The van der Waals surface area contributed by atoms with Gasteiger partial charge >= 0.3 is 0 Å². The highest BCUT2D eigenvalue weighted by atomic mass is 19.2. The summed E-state index contributed by atoms with van der Waals surface area (Å²) in [5, 5.41) is 0. The minimum atomic E-state index is -0.864. The molecule has 3 heteroatoms. The van der Waals surface area contributed by atoms with E-state index in [1.54, 1.807) is 0 Å². The largest absolute Gasteiger partial charge is 0.256 e. The van der Waals surface area contributed by atoms with Crippen molar-refractivity contribution < 1.29 is 8.78 Å². The van der Waals surface area contributed by atoms with E-state index in [0.717, 1.165) is 17.8 Å². The maximum Gasteiger partial charge on any atom is 0.159 e. The fourth-order valence-electron chi connectivity index (χ4n) is 1.26. The molecule has 2 aromatic carbocycles. The molecule has 0 aliphatic heterocycles. The second kappa shape index (κ2) is 4.66. The molecule has 1 nitrogen and oxygen atoms in total. The Morgan fingerprint density at radius 3 is 2.31 bits per heavy atom. The molecular weight excluding hydrogens is 208 g/mol. The van der Waals surface area contributed by atoms with Crippen molar-refractivity contribution in [3.63, 3.8) is 0 Å². The smallest absolute Gasteiger partial charge is 0.159 e. The molecule has 0 unspecified atom stereocenters. The zero-order valence-electron chi connectivity index (χ0n) is 8.40. The number of nitrogens with zero attached hydrogens (tertiary/aromatic N) is 1. The lowest BCUT2D eigenvalue weighted by Crippen LogP contribution is -1.87. The monoisotopic (exact) mass is 217 g/mol. The van der Waals surface area contributed by atoms with Crippen LogP contribution in [-0.4, -0.2) is 6.21 Å². The third-order valence-corrected chi connectivity index (χ3v) is 2.06. The number of para-hydroxylation sites is 1. The van der Waals surface area contributed by atoms with Crippen LogP contribution >= 0.6 is 0 Å². The van der Waals surface area contributed by atoms with E-state index in [0.29, 0.717) is 5.56 Å². The average Bonchev–Trinajstić information content (AvgIpc) is 2.32. The van der Waals surface area contributed by atoms with Crippen molar-refractivity contribution in [3.8, 4) is 0 Å². The van der Waals surface area contributed by atoms with E-state index >= 15 is 0 Å². The SMILES string of the molecule is Fc1ccc(/C=N/c2ccccc2)cc1F. The van der Waals surface area contributed by atoms with Gasteiger partial charge in [-0.1, -0.05) is 24.3 Å². The van der Waals surface area contributed by atoms with Crippen LogP contribution in [0.3, 0.4) is 0 Å². The van der Waals surface area contributed by atoms with Crippen LogP contribution in [0.15, 0.2) is 53.5 Å². The van der Waals surface area contributed by atoms with E-state index in [4.69, 9.17) is 0 Å². The van der Waals surface area contributed by atoms with E-state index in [1.807, 2.05) is 30.3 Å². The molecule has 16 heavy (non-hydrogen) atoms. The highest BCUT2D eigenvalue weighted by Gasteiger charge is 2.00. The summed E-state index contributed by atoms with van der Waals surface area (Å²) in [7, 11) is 0. The molecule has 0 fully saturated rings. The van der Waals surface area contributed by atoms with Crippen LogP contribution in [0.5, 0.6) is 0 Å². The van der Waals surface area contributed by atoms with Crippen molar-refractivity contribution in [3.05, 3.63) is 65.7 Å². The Hall–Kier alpha value is -2.03. The minimum Gasteiger partial charge on any atom is -0.256 e. The topological polar surface area (TPSA) is 12.4 Å². The van der Waals surface area contributed by atoms with Crippen LogP contribution in [0.2, 0.25) is 0 Å². The van der Waals surface area contributed by atoms with Gasteiger partial charge in [0, 0.05) is 6.21 Å². The summed E-state index contributed by atoms with van der Waals surface area (Å²) in [6.07, 6.45) is 1.50. The third-order valence-electron chi connectivity index (χ3n) is 2.06. The summed E-state index contributed by atoms with van der Waals surface area (Å²) < 4.78 is 25.5. The van der Waals surface area contributed by atoms with Gasteiger partial charge in [0.15, 0.2) is 11.6 Å². The molecule has 0 saturated heterocycles. The van der Waals surface area contributed by atoms with Gasteiger partial charge in [0.05, 0.1) is 5.69 Å². The van der Waals surface area contributed by atoms with Crippen molar-refractivity contribution in [1.29, 1.82) is 0 Å². The molecule has 0 aromatic heterocycles. The number of rotatable bonds is 2. The molecule has 2 aromatic rings. The highest BCUT2D eigenvalue weighted by Crippen LogP contribution is 2.11. The van der Waals surface area contributed by atoms with Crippen LogP contribution in [0, 0.1) is 11.6 Å². The highest BCUT2D eigenvalue weighted by molar-refractivity contribution is 5.81. The van der Waals surface area contributed by atoms with E-state index in [9.17, 15) is 8.78 Å². The first-order valence-corrected chi connectivity index (χ1v) is 4.80. The Morgan fingerprint density at radius 2 is 1.62 bits per heavy atom. The molecule has 0 N–H and O–H groups in total. The second-order valence-electron chi connectivity index (χ2n) is 3.27. The van der Waals surface area contributed by atoms with Crippen molar-refractivity contribution >= 4 is 11.9 Å². The first-order valence-electron chi connectivity index (χ1n) is 4.80. The summed E-state index contributed by atoms with van der Waals surface area (Å²) in [4.78, 5) is 4.13.